The van der Waals surface area contributed by atoms with Crippen molar-refractivity contribution in [1.82, 2.24) is 24.5 Å². The van der Waals surface area contributed by atoms with Gasteiger partial charge in [0.2, 0.25) is 0 Å². The van der Waals surface area contributed by atoms with Gasteiger partial charge in [-0.15, -0.1) is 0 Å². The molecule has 1 unspecified atom stereocenters. The number of anilines is 1. The van der Waals surface area contributed by atoms with Crippen LogP contribution in [0.3, 0.4) is 0 Å². The quantitative estimate of drug-likeness (QED) is 0.693. The molecule has 2 aromatic heterocycles. The Hall–Kier alpha value is -2.51. The van der Waals surface area contributed by atoms with Gasteiger partial charge in [0.25, 0.3) is 5.78 Å². The summed E-state index contributed by atoms with van der Waals surface area (Å²) in [6.07, 6.45) is 5.29. The van der Waals surface area contributed by atoms with Gasteiger partial charge < -0.3 is 10.1 Å². The van der Waals surface area contributed by atoms with Crippen LogP contribution in [0.2, 0.25) is 0 Å². The molecular weight excluding hydrogens is 340 g/mol. The zero-order valence-electron chi connectivity index (χ0n) is 15.7. The van der Waals surface area contributed by atoms with Gasteiger partial charge in [-0.25, -0.2) is 4.98 Å². The number of aromatic nitrogens is 4. The van der Waals surface area contributed by atoms with E-state index < -0.39 is 0 Å². The first kappa shape index (κ1) is 17.9. The smallest absolute Gasteiger partial charge is 0.254 e. The standard InChI is InChI=1S/C20H26N6O/c1-27-14-17-11-19(26-20(24-17)22-15-23-26)21-12-18-9-5-6-10-25(18)13-16-7-3-2-4-8-16/h2-4,7-8,11,15,18,21H,5-6,9-10,12-14H2,1H3. The molecule has 0 amide bonds. The first-order chi connectivity index (χ1) is 13.3. The highest BCUT2D eigenvalue weighted by Crippen LogP contribution is 2.21. The molecule has 0 bridgehead atoms. The monoisotopic (exact) mass is 366 g/mol. The number of rotatable bonds is 7. The summed E-state index contributed by atoms with van der Waals surface area (Å²) in [5.74, 6) is 1.51. The number of nitrogens with one attached hydrogen (secondary N) is 1. The number of fused-ring (bicyclic) bond motifs is 1. The van der Waals surface area contributed by atoms with Gasteiger partial charge in [-0.1, -0.05) is 36.8 Å². The van der Waals surface area contributed by atoms with Gasteiger partial charge in [-0.2, -0.15) is 14.6 Å². The summed E-state index contributed by atoms with van der Waals surface area (Å²) in [6, 6.07) is 13.2. The number of piperidine rings is 1. The van der Waals surface area contributed by atoms with Crippen LogP contribution in [-0.4, -0.2) is 50.7 Å². The maximum atomic E-state index is 5.23. The summed E-state index contributed by atoms with van der Waals surface area (Å²) in [4.78, 5) is 11.3. The number of hydrogen-bond acceptors (Lipinski definition) is 6. The van der Waals surface area contributed by atoms with Crippen LogP contribution in [0.15, 0.2) is 42.7 Å². The molecule has 1 aliphatic heterocycles. The van der Waals surface area contributed by atoms with E-state index in [1.807, 2.05) is 6.07 Å². The third kappa shape index (κ3) is 4.26. The Morgan fingerprint density at radius 2 is 2.11 bits per heavy atom. The molecule has 4 rings (SSSR count). The molecule has 142 valence electrons. The Morgan fingerprint density at radius 1 is 1.22 bits per heavy atom. The van der Waals surface area contributed by atoms with Gasteiger partial charge in [-0.05, 0) is 24.9 Å². The van der Waals surface area contributed by atoms with Gasteiger partial charge >= 0.3 is 0 Å². The van der Waals surface area contributed by atoms with Crippen molar-refractivity contribution in [3.05, 3.63) is 54.0 Å². The highest BCUT2D eigenvalue weighted by molar-refractivity contribution is 5.45. The second kappa shape index (κ2) is 8.45. The van der Waals surface area contributed by atoms with Gasteiger partial charge in [0, 0.05) is 32.3 Å². The first-order valence-corrected chi connectivity index (χ1v) is 9.54. The number of nitrogens with zero attached hydrogens (tertiary/aromatic N) is 5. The van der Waals surface area contributed by atoms with Crippen molar-refractivity contribution in [2.24, 2.45) is 0 Å². The third-order valence-corrected chi connectivity index (χ3v) is 5.09. The summed E-state index contributed by atoms with van der Waals surface area (Å²) in [7, 11) is 1.67. The van der Waals surface area contributed by atoms with E-state index in [9.17, 15) is 0 Å². The SMILES string of the molecule is COCc1cc(NCC2CCCCN2Cc2ccccc2)n2ncnc2n1. The van der Waals surface area contributed by atoms with E-state index in [1.165, 1.54) is 31.2 Å². The number of hydrogen-bond donors (Lipinski definition) is 1. The predicted molar refractivity (Wildman–Crippen MR) is 104 cm³/mol. The molecule has 27 heavy (non-hydrogen) atoms. The van der Waals surface area contributed by atoms with Gasteiger partial charge in [0.15, 0.2) is 0 Å². The predicted octanol–water partition coefficient (Wildman–Crippen LogP) is 2.74. The minimum Gasteiger partial charge on any atom is -0.378 e. The largest absolute Gasteiger partial charge is 0.378 e. The van der Waals surface area contributed by atoms with Crippen molar-refractivity contribution >= 4 is 11.6 Å². The van der Waals surface area contributed by atoms with Crippen LogP contribution in [0, 0.1) is 0 Å². The fraction of sp³-hybridized carbons (Fsp3) is 0.450. The molecule has 0 spiro atoms. The van der Waals surface area contributed by atoms with Crippen molar-refractivity contribution in [3.63, 3.8) is 0 Å². The number of methoxy groups -OCH3 is 1. The average molecular weight is 366 g/mol. The Bertz CT molecular complexity index is 865. The summed E-state index contributed by atoms with van der Waals surface area (Å²) in [6.45, 7) is 3.47. The molecule has 0 aliphatic carbocycles. The van der Waals surface area contributed by atoms with E-state index in [0.29, 0.717) is 18.4 Å². The molecule has 1 N–H and O–H groups in total. The van der Waals surface area contributed by atoms with E-state index in [2.05, 4.69) is 55.6 Å². The van der Waals surface area contributed by atoms with Crippen LogP contribution < -0.4 is 5.32 Å². The maximum absolute atomic E-state index is 5.23. The molecule has 1 aromatic carbocycles. The van der Waals surface area contributed by atoms with Crippen molar-refractivity contribution in [2.75, 3.05) is 25.5 Å². The van der Waals surface area contributed by atoms with Crippen LogP contribution in [0.4, 0.5) is 5.82 Å². The van der Waals surface area contributed by atoms with E-state index in [-0.39, 0.29) is 0 Å². The van der Waals surface area contributed by atoms with Gasteiger partial charge in [-0.3, -0.25) is 4.90 Å². The molecule has 3 aromatic rings. The van der Waals surface area contributed by atoms with E-state index >= 15 is 0 Å². The van der Waals surface area contributed by atoms with Gasteiger partial charge in [0.05, 0.1) is 12.3 Å². The fourth-order valence-corrected chi connectivity index (χ4v) is 3.75. The van der Waals surface area contributed by atoms with E-state index in [4.69, 9.17) is 4.74 Å². The van der Waals surface area contributed by atoms with Crippen molar-refractivity contribution in [1.29, 1.82) is 0 Å². The average Bonchev–Trinajstić information content (AvgIpc) is 3.17. The number of likely N-dealkylation sites (tertiary alicyclic amines) is 1. The highest BCUT2D eigenvalue weighted by atomic mass is 16.5. The lowest BCUT2D eigenvalue weighted by Gasteiger charge is -2.36. The summed E-state index contributed by atoms with van der Waals surface area (Å²) in [5, 5.41) is 7.88. The second-order valence-corrected chi connectivity index (χ2v) is 7.02. The molecule has 0 saturated carbocycles. The topological polar surface area (TPSA) is 67.6 Å². The minimum atomic E-state index is 0.460. The lowest BCUT2D eigenvalue weighted by atomic mass is 10.0. The van der Waals surface area contributed by atoms with Crippen LogP contribution in [0.5, 0.6) is 0 Å². The fourth-order valence-electron chi connectivity index (χ4n) is 3.75. The molecule has 1 atom stereocenters. The number of benzene rings is 1. The lowest BCUT2D eigenvalue weighted by Crippen LogP contribution is -2.43. The number of ether oxygens (including phenoxy) is 1. The maximum Gasteiger partial charge on any atom is 0.254 e. The van der Waals surface area contributed by atoms with E-state index in [1.54, 1.807) is 11.6 Å². The minimum absolute atomic E-state index is 0.460. The second-order valence-electron chi connectivity index (χ2n) is 7.02. The third-order valence-electron chi connectivity index (χ3n) is 5.09. The van der Waals surface area contributed by atoms with Crippen LogP contribution in [0.25, 0.3) is 5.78 Å². The molecule has 7 heteroatoms. The Morgan fingerprint density at radius 3 is 2.96 bits per heavy atom. The van der Waals surface area contributed by atoms with Crippen LogP contribution >= 0.6 is 0 Å². The zero-order valence-corrected chi connectivity index (χ0v) is 15.7. The highest BCUT2D eigenvalue weighted by Gasteiger charge is 2.22. The van der Waals surface area contributed by atoms with Crippen molar-refractivity contribution < 1.29 is 4.74 Å². The summed E-state index contributed by atoms with van der Waals surface area (Å²) >= 11 is 0. The van der Waals surface area contributed by atoms with Gasteiger partial charge in [0.1, 0.15) is 12.1 Å². The van der Waals surface area contributed by atoms with Crippen LogP contribution in [0.1, 0.15) is 30.5 Å². The summed E-state index contributed by atoms with van der Waals surface area (Å²) < 4.78 is 6.98. The Balaban J connectivity index is 1.48. The lowest BCUT2D eigenvalue weighted by molar-refractivity contribution is 0.148. The van der Waals surface area contributed by atoms with E-state index in [0.717, 1.165) is 31.1 Å². The molecule has 3 heterocycles. The van der Waals surface area contributed by atoms with Crippen molar-refractivity contribution in [3.8, 4) is 0 Å². The molecule has 1 saturated heterocycles. The Labute approximate surface area is 159 Å². The molecule has 1 fully saturated rings. The van der Waals surface area contributed by atoms with Crippen LogP contribution in [-0.2, 0) is 17.9 Å². The Kier molecular flexibility index (Phi) is 5.60. The zero-order chi connectivity index (χ0) is 18.5. The molecule has 7 nitrogen and oxygen atoms in total. The summed E-state index contributed by atoms with van der Waals surface area (Å²) in [5.41, 5.74) is 2.22. The van der Waals surface area contributed by atoms with Crippen molar-refractivity contribution in [2.45, 2.75) is 38.5 Å². The molecule has 0 radical (unpaired) electrons. The molecular formula is C20H26N6O. The molecule has 1 aliphatic rings. The first-order valence-electron chi connectivity index (χ1n) is 9.54. The normalized spacial score (nSPS) is 18.0.